The summed E-state index contributed by atoms with van der Waals surface area (Å²) in [6.45, 7) is 5.11. The van der Waals surface area contributed by atoms with Crippen LogP contribution in [0.2, 0.25) is 0 Å². The number of anilines is 1. The molecule has 1 heterocycles. The third-order valence-electron chi connectivity index (χ3n) is 6.52. The molecule has 1 aliphatic heterocycles. The lowest BCUT2D eigenvalue weighted by Crippen LogP contribution is -2.46. The lowest BCUT2D eigenvalue weighted by Gasteiger charge is -2.28. The number of imide groups is 1. The number of benzene rings is 1. The van der Waals surface area contributed by atoms with Crippen LogP contribution in [-0.4, -0.2) is 50.4 Å². The largest absolute Gasteiger partial charge is 0.459 e. The number of likely N-dealkylation sites (tertiary alicyclic amines) is 1. The van der Waals surface area contributed by atoms with E-state index in [0.29, 0.717) is 11.3 Å². The number of esters is 1. The molecule has 7 atom stereocenters. The van der Waals surface area contributed by atoms with Gasteiger partial charge in [0, 0.05) is 15.3 Å². The van der Waals surface area contributed by atoms with Gasteiger partial charge in [-0.15, -0.1) is 0 Å². The van der Waals surface area contributed by atoms with Crippen LogP contribution >= 0.6 is 31.9 Å². The van der Waals surface area contributed by atoms with Crippen molar-refractivity contribution < 1.29 is 23.9 Å². The first-order valence-electron chi connectivity index (χ1n) is 10.4. The average molecular weight is 556 g/mol. The number of halogens is 2. The Labute approximate surface area is 197 Å². The van der Waals surface area contributed by atoms with Crippen molar-refractivity contribution in [2.75, 3.05) is 5.32 Å². The molecule has 3 aliphatic rings. The number of carbonyl (C=O) groups excluding carboxylic acids is 4. The first-order valence-corrected chi connectivity index (χ1v) is 12.2. The minimum absolute atomic E-state index is 0.106. The van der Waals surface area contributed by atoms with E-state index in [1.165, 1.54) is 0 Å². The summed E-state index contributed by atoms with van der Waals surface area (Å²) in [5.74, 6) is -1.87. The summed E-state index contributed by atoms with van der Waals surface area (Å²) in [7, 11) is 0. The molecule has 3 fully saturated rings. The normalized spacial score (nSPS) is 32.4. The molecule has 166 valence electrons. The maximum atomic E-state index is 13.1. The maximum Gasteiger partial charge on any atom is 0.338 e. The van der Waals surface area contributed by atoms with Crippen molar-refractivity contribution in [3.63, 3.8) is 0 Å². The number of carbonyl (C=O) groups is 4. The molecule has 7 nitrogen and oxygen atoms in total. The third-order valence-corrected chi connectivity index (χ3v) is 9.73. The van der Waals surface area contributed by atoms with Gasteiger partial charge in [0.15, 0.2) is 0 Å². The SMILES string of the molecule is CC(C)OC(=O)c1ccc(NC(=O)[C@H](C)N2C(=O)[C@@H]3[C@H]4C[C@@H]([C@H](Br)[C@H]4Br)[C@@H]3C2=O)cc1. The monoisotopic (exact) mass is 554 g/mol. The van der Waals surface area contributed by atoms with Crippen LogP contribution < -0.4 is 5.32 Å². The Hall–Kier alpha value is -1.74. The number of hydrogen-bond donors (Lipinski definition) is 1. The fourth-order valence-electron chi connectivity index (χ4n) is 5.09. The van der Waals surface area contributed by atoms with E-state index in [0.717, 1.165) is 11.3 Å². The van der Waals surface area contributed by atoms with Crippen LogP contribution in [0, 0.1) is 23.7 Å². The van der Waals surface area contributed by atoms with Crippen molar-refractivity contribution in [1.29, 1.82) is 0 Å². The standard InChI is InChI=1S/C22H24Br2N2O5/c1-9(2)31-22(30)11-4-6-12(7-5-11)25-19(27)10(3)26-20(28)15-13-8-14(16(15)21(26)29)18(24)17(13)23/h4-7,9-10,13-18H,8H2,1-3H3,(H,25,27)/t10-,13+,14+,15-,16+,17-,18-/m0/s1. The van der Waals surface area contributed by atoms with Crippen LogP contribution in [0.1, 0.15) is 37.6 Å². The molecule has 9 heteroatoms. The predicted molar refractivity (Wildman–Crippen MR) is 121 cm³/mol. The summed E-state index contributed by atoms with van der Waals surface area (Å²) >= 11 is 7.33. The summed E-state index contributed by atoms with van der Waals surface area (Å²) in [6, 6.07) is 5.39. The Morgan fingerprint density at radius 3 is 2.00 bits per heavy atom. The van der Waals surface area contributed by atoms with E-state index in [2.05, 4.69) is 37.2 Å². The molecule has 1 aromatic carbocycles. The van der Waals surface area contributed by atoms with Gasteiger partial charge in [0.2, 0.25) is 17.7 Å². The second-order valence-electron chi connectivity index (χ2n) is 8.75. The molecule has 1 N–H and O–H groups in total. The van der Waals surface area contributed by atoms with Gasteiger partial charge in [0.25, 0.3) is 0 Å². The van der Waals surface area contributed by atoms with E-state index < -0.39 is 17.9 Å². The summed E-state index contributed by atoms with van der Waals surface area (Å²) in [5, 5.41) is 2.73. The highest BCUT2D eigenvalue weighted by Gasteiger charge is 2.67. The number of amides is 3. The number of alkyl halides is 2. The van der Waals surface area contributed by atoms with Crippen LogP contribution in [0.3, 0.4) is 0 Å². The van der Waals surface area contributed by atoms with E-state index in [1.807, 2.05) is 0 Å². The van der Waals surface area contributed by atoms with Crippen LogP contribution in [0.15, 0.2) is 24.3 Å². The molecule has 0 spiro atoms. The Kier molecular flexibility index (Phi) is 6.02. The molecule has 0 radical (unpaired) electrons. The molecule has 3 amide bonds. The summed E-state index contributed by atoms with van der Waals surface area (Å²) in [5.41, 5.74) is 0.847. The van der Waals surface area contributed by atoms with Crippen LogP contribution in [0.4, 0.5) is 5.69 Å². The van der Waals surface area contributed by atoms with Crippen molar-refractivity contribution in [2.45, 2.75) is 49.0 Å². The second-order valence-corrected chi connectivity index (χ2v) is 10.9. The Morgan fingerprint density at radius 1 is 1.00 bits per heavy atom. The zero-order valence-corrected chi connectivity index (χ0v) is 20.6. The molecule has 2 bridgehead atoms. The Balaban J connectivity index is 1.44. The van der Waals surface area contributed by atoms with E-state index >= 15 is 0 Å². The molecule has 4 rings (SSSR count). The van der Waals surface area contributed by atoms with E-state index in [-0.39, 0.29) is 51.2 Å². The predicted octanol–water partition coefficient (Wildman–Crippen LogP) is 3.36. The summed E-state index contributed by atoms with van der Waals surface area (Å²) in [6.07, 6.45) is 0.621. The number of nitrogens with one attached hydrogen (secondary N) is 1. The minimum atomic E-state index is -0.918. The molecular weight excluding hydrogens is 532 g/mol. The van der Waals surface area contributed by atoms with Gasteiger partial charge in [0.05, 0.1) is 23.5 Å². The lowest BCUT2D eigenvalue weighted by atomic mass is 9.81. The zero-order valence-electron chi connectivity index (χ0n) is 17.4. The third kappa shape index (κ3) is 3.73. The number of ether oxygens (including phenoxy) is 1. The minimum Gasteiger partial charge on any atom is -0.459 e. The molecule has 1 aromatic rings. The van der Waals surface area contributed by atoms with Crippen molar-refractivity contribution in [1.82, 2.24) is 4.90 Å². The van der Waals surface area contributed by atoms with Gasteiger partial charge in [-0.1, -0.05) is 31.9 Å². The van der Waals surface area contributed by atoms with Crippen molar-refractivity contribution in [2.24, 2.45) is 23.7 Å². The fourth-order valence-corrected chi connectivity index (χ4v) is 6.96. The summed E-state index contributed by atoms with van der Waals surface area (Å²) in [4.78, 5) is 52.4. The number of hydrogen-bond acceptors (Lipinski definition) is 5. The van der Waals surface area contributed by atoms with E-state index in [9.17, 15) is 19.2 Å². The van der Waals surface area contributed by atoms with E-state index in [1.54, 1.807) is 45.0 Å². The van der Waals surface area contributed by atoms with Crippen molar-refractivity contribution >= 4 is 61.2 Å². The quantitative estimate of drug-likeness (QED) is 0.342. The highest BCUT2D eigenvalue weighted by atomic mass is 79.9. The van der Waals surface area contributed by atoms with Gasteiger partial charge in [-0.2, -0.15) is 0 Å². The van der Waals surface area contributed by atoms with Crippen molar-refractivity contribution in [3.8, 4) is 0 Å². The number of fused-ring (bicyclic) bond motifs is 5. The molecule has 2 saturated carbocycles. The number of nitrogens with zero attached hydrogens (tertiary/aromatic N) is 1. The van der Waals surface area contributed by atoms with E-state index in [4.69, 9.17) is 4.74 Å². The average Bonchev–Trinajstić information content (AvgIpc) is 3.32. The second kappa shape index (κ2) is 8.31. The van der Waals surface area contributed by atoms with Crippen LogP contribution in [-0.2, 0) is 19.1 Å². The van der Waals surface area contributed by atoms with Gasteiger partial charge >= 0.3 is 5.97 Å². The first kappa shape index (κ1) is 22.5. The maximum absolute atomic E-state index is 13.1. The molecule has 0 unspecified atom stereocenters. The van der Waals surface area contributed by atoms with Gasteiger partial charge in [-0.05, 0) is 63.3 Å². The van der Waals surface area contributed by atoms with Crippen molar-refractivity contribution in [3.05, 3.63) is 29.8 Å². The van der Waals surface area contributed by atoms with Crippen LogP contribution in [0.25, 0.3) is 0 Å². The van der Waals surface area contributed by atoms with Gasteiger partial charge in [0.1, 0.15) is 6.04 Å². The number of rotatable bonds is 5. The smallest absolute Gasteiger partial charge is 0.338 e. The fraction of sp³-hybridized carbons (Fsp3) is 0.545. The molecule has 2 aliphatic carbocycles. The highest BCUT2D eigenvalue weighted by Crippen LogP contribution is 2.60. The van der Waals surface area contributed by atoms with Gasteiger partial charge < -0.3 is 10.1 Å². The highest BCUT2D eigenvalue weighted by molar-refractivity contribution is 9.12. The lowest BCUT2D eigenvalue weighted by molar-refractivity contribution is -0.146. The Bertz CT molecular complexity index is 902. The van der Waals surface area contributed by atoms with Crippen LogP contribution in [0.5, 0.6) is 0 Å². The topological polar surface area (TPSA) is 92.8 Å². The summed E-state index contributed by atoms with van der Waals surface area (Å²) < 4.78 is 5.15. The molecule has 0 aromatic heterocycles. The molecular formula is C22H24Br2N2O5. The molecule has 1 saturated heterocycles. The molecule has 31 heavy (non-hydrogen) atoms. The Morgan fingerprint density at radius 2 is 1.52 bits per heavy atom. The van der Waals surface area contributed by atoms with Gasteiger partial charge in [-0.3, -0.25) is 19.3 Å². The zero-order chi connectivity index (χ0) is 22.6. The van der Waals surface area contributed by atoms with Gasteiger partial charge in [-0.25, -0.2) is 4.79 Å². The first-order chi connectivity index (χ1) is 14.6.